The van der Waals surface area contributed by atoms with Crippen molar-refractivity contribution in [2.75, 3.05) is 13.1 Å². The maximum atomic E-state index is 13.2. The van der Waals surface area contributed by atoms with E-state index in [2.05, 4.69) is 40.3 Å². The topological polar surface area (TPSA) is 60.1 Å². The van der Waals surface area contributed by atoms with Crippen molar-refractivity contribution in [1.82, 2.24) is 19.2 Å². The maximum Gasteiger partial charge on any atom is 0.350 e. The van der Waals surface area contributed by atoms with Crippen LogP contribution in [0.1, 0.15) is 62.7 Å². The van der Waals surface area contributed by atoms with Crippen LogP contribution in [0.25, 0.3) is 11.3 Å². The molecule has 1 aromatic heterocycles. The lowest BCUT2D eigenvalue weighted by atomic mass is 9.93. The van der Waals surface area contributed by atoms with Crippen molar-refractivity contribution in [3.05, 3.63) is 88.6 Å². The highest BCUT2D eigenvalue weighted by molar-refractivity contribution is 5.86. The van der Waals surface area contributed by atoms with Crippen LogP contribution >= 0.6 is 0 Å². The summed E-state index contributed by atoms with van der Waals surface area (Å²) in [5.74, 6) is 0.940. The number of Topliss-reactive ketones (excluding diaryl/α,β-unsaturated/α-hetero) is 1. The van der Waals surface area contributed by atoms with Crippen molar-refractivity contribution in [2.24, 2.45) is 5.92 Å². The number of hydrogen-bond donors (Lipinski definition) is 0. The molecule has 2 aromatic carbocycles. The van der Waals surface area contributed by atoms with Crippen LogP contribution in [-0.2, 0) is 4.79 Å². The normalized spacial score (nSPS) is 17.6. The molecule has 1 saturated carbocycles. The van der Waals surface area contributed by atoms with Crippen molar-refractivity contribution < 1.29 is 4.79 Å². The van der Waals surface area contributed by atoms with E-state index in [0.717, 1.165) is 36.3 Å². The van der Waals surface area contributed by atoms with Gasteiger partial charge in [0.05, 0.1) is 17.8 Å². The maximum absolute atomic E-state index is 13.2. The van der Waals surface area contributed by atoms with E-state index in [1.807, 2.05) is 44.2 Å². The van der Waals surface area contributed by atoms with Crippen LogP contribution in [0.15, 0.2) is 71.8 Å². The predicted octanol–water partition coefficient (Wildman–Crippen LogP) is 4.81. The van der Waals surface area contributed by atoms with Crippen LogP contribution in [0, 0.1) is 5.92 Å². The third-order valence-electron chi connectivity index (χ3n) is 6.91. The summed E-state index contributed by atoms with van der Waals surface area (Å²) < 4.78 is 3.07. The zero-order valence-electron chi connectivity index (χ0n) is 19.9. The second-order valence-electron chi connectivity index (χ2n) is 9.77. The molecule has 0 spiro atoms. The fourth-order valence-corrected chi connectivity index (χ4v) is 4.82. The Morgan fingerprint density at radius 2 is 1.79 bits per heavy atom. The standard InChI is InChI=1S/C28H32N4O2/c1-20(2)32-28(34)31(19-29-32)25-12-10-22(11-13-25)23-14-16-30(17-15-23)27(24-6-4-3-5-7-24)26(33)18-21-8-9-21/h3-7,10-14,19-21,27H,8-9,15-18H2,1-2H3. The van der Waals surface area contributed by atoms with E-state index >= 15 is 0 Å². The van der Waals surface area contributed by atoms with Gasteiger partial charge in [0, 0.05) is 19.5 Å². The fourth-order valence-electron chi connectivity index (χ4n) is 4.82. The number of aromatic nitrogens is 3. The lowest BCUT2D eigenvalue weighted by molar-refractivity contribution is -0.124. The number of benzene rings is 2. The van der Waals surface area contributed by atoms with Crippen LogP contribution in [0.2, 0.25) is 0 Å². The van der Waals surface area contributed by atoms with E-state index in [1.165, 1.54) is 23.1 Å². The Labute approximate surface area is 200 Å². The molecule has 6 heteroatoms. The van der Waals surface area contributed by atoms with Gasteiger partial charge in [-0.1, -0.05) is 48.5 Å². The van der Waals surface area contributed by atoms with E-state index < -0.39 is 0 Å². The summed E-state index contributed by atoms with van der Waals surface area (Å²) in [6, 6.07) is 18.2. The van der Waals surface area contributed by atoms with Crippen LogP contribution in [0.3, 0.4) is 0 Å². The van der Waals surface area contributed by atoms with Crippen LogP contribution in [0.4, 0.5) is 0 Å². The Bertz CT molecular complexity index is 1230. The van der Waals surface area contributed by atoms with Gasteiger partial charge in [0.25, 0.3) is 0 Å². The number of carbonyl (C=O) groups excluding carboxylic acids is 1. The highest BCUT2D eigenvalue weighted by atomic mass is 16.2. The SMILES string of the molecule is CC(C)n1ncn(-c2ccc(C3=CCN(C(C(=O)CC4CC4)c4ccccc4)CC3)cc2)c1=O. The summed E-state index contributed by atoms with van der Waals surface area (Å²) in [5, 5.41) is 4.21. The van der Waals surface area contributed by atoms with E-state index in [9.17, 15) is 9.59 Å². The molecule has 5 rings (SSSR count). The molecule has 2 heterocycles. The molecule has 6 nitrogen and oxygen atoms in total. The van der Waals surface area contributed by atoms with E-state index in [1.54, 1.807) is 10.9 Å². The molecule has 0 bridgehead atoms. The predicted molar refractivity (Wildman–Crippen MR) is 134 cm³/mol. The van der Waals surface area contributed by atoms with Crippen molar-refractivity contribution in [3.63, 3.8) is 0 Å². The molecule has 2 aliphatic rings. The summed E-state index contributed by atoms with van der Waals surface area (Å²) >= 11 is 0. The van der Waals surface area contributed by atoms with Gasteiger partial charge in [-0.2, -0.15) is 5.10 Å². The molecular weight excluding hydrogens is 424 g/mol. The van der Waals surface area contributed by atoms with Gasteiger partial charge in [-0.3, -0.25) is 9.69 Å². The van der Waals surface area contributed by atoms with Gasteiger partial charge in [0.2, 0.25) is 0 Å². The smallest absolute Gasteiger partial charge is 0.298 e. The van der Waals surface area contributed by atoms with Crippen molar-refractivity contribution >= 4 is 11.4 Å². The lowest BCUT2D eigenvalue weighted by Crippen LogP contribution is -2.37. The van der Waals surface area contributed by atoms with Crippen molar-refractivity contribution in [1.29, 1.82) is 0 Å². The molecule has 0 amide bonds. The van der Waals surface area contributed by atoms with Crippen LogP contribution < -0.4 is 5.69 Å². The van der Waals surface area contributed by atoms with Crippen molar-refractivity contribution in [3.8, 4) is 5.69 Å². The molecule has 1 aliphatic heterocycles. The van der Waals surface area contributed by atoms with Crippen LogP contribution in [-0.4, -0.2) is 38.1 Å². The molecule has 0 radical (unpaired) electrons. The number of rotatable bonds is 8. The van der Waals surface area contributed by atoms with Crippen molar-refractivity contribution in [2.45, 2.75) is 51.6 Å². The van der Waals surface area contributed by atoms with Gasteiger partial charge in [0.1, 0.15) is 6.33 Å². The Kier molecular flexibility index (Phi) is 6.33. The summed E-state index contributed by atoms with van der Waals surface area (Å²) in [4.78, 5) is 28.1. The minimum absolute atomic E-state index is 0.0271. The molecule has 1 fully saturated rings. The van der Waals surface area contributed by atoms with Gasteiger partial charge in [-0.15, -0.1) is 0 Å². The first-order valence-corrected chi connectivity index (χ1v) is 12.3. The van der Waals surface area contributed by atoms with Gasteiger partial charge < -0.3 is 0 Å². The number of carbonyl (C=O) groups is 1. The number of nitrogens with zero attached hydrogens (tertiary/aromatic N) is 4. The second-order valence-corrected chi connectivity index (χ2v) is 9.77. The molecule has 1 atom stereocenters. The summed E-state index contributed by atoms with van der Waals surface area (Å²) in [5.41, 5.74) is 4.23. The molecule has 176 valence electrons. The molecule has 0 saturated heterocycles. The zero-order chi connectivity index (χ0) is 23.7. The molecular formula is C28H32N4O2. The highest BCUT2D eigenvalue weighted by Crippen LogP contribution is 2.37. The molecule has 1 aliphatic carbocycles. The minimum Gasteiger partial charge on any atom is -0.298 e. The third-order valence-corrected chi connectivity index (χ3v) is 6.91. The van der Waals surface area contributed by atoms with Gasteiger partial charge in [0.15, 0.2) is 5.78 Å². The van der Waals surface area contributed by atoms with E-state index in [4.69, 9.17) is 0 Å². The largest absolute Gasteiger partial charge is 0.350 e. The second kappa shape index (κ2) is 9.55. The number of ketones is 1. The first-order chi connectivity index (χ1) is 16.5. The average Bonchev–Trinajstić information content (AvgIpc) is 3.58. The van der Waals surface area contributed by atoms with E-state index in [-0.39, 0.29) is 17.8 Å². The summed E-state index contributed by atoms with van der Waals surface area (Å²) in [6.45, 7) is 5.50. The zero-order valence-corrected chi connectivity index (χ0v) is 19.9. The monoisotopic (exact) mass is 456 g/mol. The molecule has 0 N–H and O–H groups in total. The highest BCUT2D eigenvalue weighted by Gasteiger charge is 2.33. The number of hydrogen-bond acceptors (Lipinski definition) is 4. The third kappa shape index (κ3) is 4.68. The van der Waals surface area contributed by atoms with Gasteiger partial charge >= 0.3 is 5.69 Å². The Morgan fingerprint density at radius 3 is 2.38 bits per heavy atom. The molecule has 1 unspecified atom stereocenters. The summed E-state index contributed by atoms with van der Waals surface area (Å²) in [7, 11) is 0. The van der Waals surface area contributed by atoms with Gasteiger partial charge in [-0.25, -0.2) is 14.0 Å². The van der Waals surface area contributed by atoms with Gasteiger partial charge in [-0.05, 0) is 67.9 Å². The van der Waals surface area contributed by atoms with E-state index in [0.29, 0.717) is 18.1 Å². The fraction of sp³-hybridized carbons (Fsp3) is 0.393. The summed E-state index contributed by atoms with van der Waals surface area (Å²) in [6.07, 6.45) is 7.81. The first-order valence-electron chi connectivity index (χ1n) is 12.3. The molecule has 34 heavy (non-hydrogen) atoms. The lowest BCUT2D eigenvalue weighted by Gasteiger charge is -2.33. The molecule has 3 aromatic rings. The minimum atomic E-state index is -0.161. The Balaban J connectivity index is 1.32. The quantitative estimate of drug-likeness (QED) is 0.488. The average molecular weight is 457 g/mol. The Morgan fingerprint density at radius 1 is 1.06 bits per heavy atom. The van der Waals surface area contributed by atoms with Crippen LogP contribution in [0.5, 0.6) is 0 Å². The Hall–Kier alpha value is -3.25. The first kappa shape index (κ1) is 22.5.